The molecule has 0 spiro atoms. The van der Waals surface area contributed by atoms with Crippen LogP contribution in [0.4, 0.5) is 0 Å². The Morgan fingerprint density at radius 1 is 1.12 bits per heavy atom. The van der Waals surface area contributed by atoms with Gasteiger partial charge < -0.3 is 5.11 Å². The van der Waals surface area contributed by atoms with Crippen molar-refractivity contribution in [3.05, 3.63) is 59.9 Å². The van der Waals surface area contributed by atoms with Gasteiger partial charge in [0, 0.05) is 24.4 Å². The summed E-state index contributed by atoms with van der Waals surface area (Å²) in [5.74, 6) is 0.234. The third kappa shape index (κ3) is 2.10. The van der Waals surface area contributed by atoms with E-state index in [1.165, 1.54) is 5.56 Å². The highest BCUT2D eigenvalue weighted by Gasteiger charge is 2.52. The summed E-state index contributed by atoms with van der Waals surface area (Å²) in [6.07, 6.45) is 8.41. The molecule has 1 fully saturated rings. The fourth-order valence-corrected chi connectivity index (χ4v) is 3.69. The lowest BCUT2D eigenvalue weighted by Crippen LogP contribution is -2.19. The third-order valence-corrected chi connectivity index (χ3v) is 5.36. The maximum absolute atomic E-state index is 11.6. The van der Waals surface area contributed by atoms with Crippen LogP contribution in [0.2, 0.25) is 0 Å². The molecule has 0 atom stereocenters. The van der Waals surface area contributed by atoms with E-state index in [9.17, 15) is 9.90 Å². The van der Waals surface area contributed by atoms with Crippen LogP contribution < -0.4 is 0 Å². The van der Waals surface area contributed by atoms with Crippen LogP contribution in [-0.2, 0) is 23.1 Å². The first-order chi connectivity index (χ1) is 12.2. The molecule has 1 aliphatic carbocycles. The van der Waals surface area contributed by atoms with Crippen LogP contribution in [0.3, 0.4) is 0 Å². The molecular formula is C19H16N4O2. The highest BCUT2D eigenvalue weighted by atomic mass is 16.4. The number of aromatic nitrogens is 4. The molecule has 3 aromatic rings. The lowest BCUT2D eigenvalue weighted by Gasteiger charge is -2.19. The minimum atomic E-state index is -0.753. The molecule has 0 amide bonds. The van der Waals surface area contributed by atoms with Gasteiger partial charge in [0.1, 0.15) is 12.2 Å². The second-order valence-corrected chi connectivity index (χ2v) is 6.81. The number of benzene rings is 1. The normalized spacial score (nSPS) is 16.8. The number of aryl methyl sites for hydroxylation is 2. The Labute approximate surface area is 144 Å². The van der Waals surface area contributed by atoms with Gasteiger partial charge >= 0.3 is 5.97 Å². The smallest absolute Gasteiger partial charge is 0.314 e. The Balaban J connectivity index is 1.56. The van der Waals surface area contributed by atoms with Gasteiger partial charge in [-0.25, -0.2) is 0 Å². The van der Waals surface area contributed by atoms with Gasteiger partial charge in [-0.15, -0.1) is 10.2 Å². The van der Waals surface area contributed by atoms with E-state index in [1.807, 2.05) is 10.6 Å². The van der Waals surface area contributed by atoms with Crippen molar-refractivity contribution in [2.45, 2.75) is 31.1 Å². The standard InChI is InChI=1S/C19H16N4O2/c24-18(25)19(5-6-19)15-8-14(9-20-10-15)12-1-3-16-13(7-12)2-4-17-22-21-11-23(16)17/h1,3,7-11H,2,4-6H2,(H,24,25). The fraction of sp³-hybridized carbons (Fsp3) is 0.263. The molecule has 1 N–H and O–H groups in total. The average molecular weight is 332 g/mol. The van der Waals surface area contributed by atoms with Gasteiger partial charge in [0.15, 0.2) is 0 Å². The minimum Gasteiger partial charge on any atom is -0.481 e. The number of carboxylic acid groups (broad SMARTS) is 1. The Kier molecular flexibility index (Phi) is 2.86. The first kappa shape index (κ1) is 14.3. The van der Waals surface area contributed by atoms with E-state index in [0.717, 1.165) is 41.0 Å². The van der Waals surface area contributed by atoms with E-state index in [0.29, 0.717) is 12.8 Å². The summed E-state index contributed by atoms with van der Waals surface area (Å²) in [6, 6.07) is 8.27. The topological polar surface area (TPSA) is 80.9 Å². The zero-order valence-corrected chi connectivity index (χ0v) is 13.5. The molecule has 1 aromatic carbocycles. The van der Waals surface area contributed by atoms with Crippen molar-refractivity contribution in [3.8, 4) is 16.8 Å². The number of carboxylic acids is 1. The number of hydrogen-bond acceptors (Lipinski definition) is 4. The van der Waals surface area contributed by atoms with E-state index >= 15 is 0 Å². The van der Waals surface area contributed by atoms with Crippen molar-refractivity contribution >= 4 is 5.97 Å². The molecule has 0 saturated heterocycles. The van der Waals surface area contributed by atoms with Crippen LogP contribution >= 0.6 is 0 Å². The molecule has 5 rings (SSSR count). The summed E-state index contributed by atoms with van der Waals surface area (Å²) in [6.45, 7) is 0. The van der Waals surface area contributed by atoms with E-state index in [4.69, 9.17) is 0 Å². The molecule has 0 bridgehead atoms. The Morgan fingerprint density at radius 2 is 2.00 bits per heavy atom. The maximum atomic E-state index is 11.6. The van der Waals surface area contributed by atoms with Crippen molar-refractivity contribution < 1.29 is 9.90 Å². The van der Waals surface area contributed by atoms with Crippen LogP contribution in [0.5, 0.6) is 0 Å². The molecule has 1 saturated carbocycles. The number of hydrogen-bond donors (Lipinski definition) is 1. The summed E-state index contributed by atoms with van der Waals surface area (Å²) >= 11 is 0. The minimum absolute atomic E-state index is 0.689. The Bertz CT molecular complexity index is 1000. The summed E-state index contributed by atoms with van der Waals surface area (Å²) in [4.78, 5) is 15.9. The molecule has 0 radical (unpaired) electrons. The number of nitrogens with zero attached hydrogens (tertiary/aromatic N) is 4. The Hall–Kier alpha value is -3.02. The second kappa shape index (κ2) is 4.99. The molecule has 6 nitrogen and oxygen atoms in total. The maximum Gasteiger partial charge on any atom is 0.314 e. The zero-order valence-electron chi connectivity index (χ0n) is 13.5. The van der Waals surface area contributed by atoms with Crippen molar-refractivity contribution in [3.63, 3.8) is 0 Å². The largest absolute Gasteiger partial charge is 0.481 e. The van der Waals surface area contributed by atoms with Gasteiger partial charge in [0.2, 0.25) is 0 Å². The van der Waals surface area contributed by atoms with Crippen LogP contribution in [0.15, 0.2) is 43.0 Å². The van der Waals surface area contributed by atoms with Crippen LogP contribution in [0, 0.1) is 0 Å². The highest BCUT2D eigenvalue weighted by molar-refractivity contribution is 5.85. The fourth-order valence-electron chi connectivity index (χ4n) is 3.69. The highest BCUT2D eigenvalue weighted by Crippen LogP contribution is 2.48. The third-order valence-electron chi connectivity index (χ3n) is 5.36. The van der Waals surface area contributed by atoms with Gasteiger partial charge in [0.25, 0.3) is 0 Å². The molecule has 0 unspecified atom stereocenters. The molecule has 1 aliphatic heterocycles. The van der Waals surface area contributed by atoms with Crippen LogP contribution in [0.1, 0.15) is 29.8 Å². The molecule has 2 aromatic heterocycles. The van der Waals surface area contributed by atoms with Gasteiger partial charge in [-0.3, -0.25) is 14.3 Å². The van der Waals surface area contributed by atoms with Gasteiger partial charge in [0.05, 0.1) is 11.1 Å². The van der Waals surface area contributed by atoms with Crippen LogP contribution in [0.25, 0.3) is 16.8 Å². The first-order valence-electron chi connectivity index (χ1n) is 8.39. The van der Waals surface area contributed by atoms with E-state index in [-0.39, 0.29) is 0 Å². The number of pyridine rings is 1. The van der Waals surface area contributed by atoms with E-state index in [2.05, 4.69) is 33.4 Å². The van der Waals surface area contributed by atoms with Crippen molar-refractivity contribution in [2.24, 2.45) is 0 Å². The van der Waals surface area contributed by atoms with Crippen LogP contribution in [-0.4, -0.2) is 30.8 Å². The number of rotatable bonds is 3. The summed E-state index contributed by atoms with van der Waals surface area (Å²) in [5.41, 5.74) is 4.46. The second-order valence-electron chi connectivity index (χ2n) is 6.81. The zero-order chi connectivity index (χ0) is 17.0. The number of aliphatic carboxylic acids is 1. The predicted molar refractivity (Wildman–Crippen MR) is 90.5 cm³/mol. The van der Waals surface area contributed by atoms with Crippen molar-refractivity contribution in [1.82, 2.24) is 19.7 Å². The average Bonchev–Trinajstić information content (AvgIpc) is 3.32. The molecule has 25 heavy (non-hydrogen) atoms. The van der Waals surface area contributed by atoms with Crippen molar-refractivity contribution in [2.75, 3.05) is 0 Å². The summed E-state index contributed by atoms with van der Waals surface area (Å²) in [5, 5.41) is 17.6. The molecular weight excluding hydrogens is 316 g/mol. The molecule has 6 heteroatoms. The van der Waals surface area contributed by atoms with E-state index < -0.39 is 11.4 Å². The van der Waals surface area contributed by atoms with Gasteiger partial charge in [-0.05, 0) is 54.2 Å². The summed E-state index contributed by atoms with van der Waals surface area (Å²) in [7, 11) is 0. The van der Waals surface area contributed by atoms with E-state index in [1.54, 1.807) is 18.7 Å². The Morgan fingerprint density at radius 3 is 2.80 bits per heavy atom. The predicted octanol–water partition coefficient (Wildman–Crippen LogP) is 2.54. The van der Waals surface area contributed by atoms with Gasteiger partial charge in [-0.1, -0.05) is 6.07 Å². The first-order valence-corrected chi connectivity index (χ1v) is 8.39. The number of carbonyl (C=O) groups is 1. The van der Waals surface area contributed by atoms with Crippen molar-refractivity contribution in [1.29, 1.82) is 0 Å². The lowest BCUT2D eigenvalue weighted by atomic mass is 9.93. The number of fused-ring (bicyclic) bond motifs is 3. The summed E-state index contributed by atoms with van der Waals surface area (Å²) < 4.78 is 2.03. The SMILES string of the molecule is O=C(O)C1(c2cncc(-c3ccc4c(c3)CCc3nncn3-4)c2)CC1. The van der Waals surface area contributed by atoms with Gasteiger partial charge in [-0.2, -0.15) is 0 Å². The molecule has 3 heterocycles. The molecule has 124 valence electrons. The lowest BCUT2D eigenvalue weighted by molar-refractivity contribution is -0.140. The monoisotopic (exact) mass is 332 g/mol. The molecule has 2 aliphatic rings. The quantitative estimate of drug-likeness (QED) is 0.797.